The molecule has 1 aliphatic rings. The number of hydrogen-bond donors (Lipinski definition) is 1. The Morgan fingerprint density at radius 3 is 2.70 bits per heavy atom. The highest BCUT2D eigenvalue weighted by Crippen LogP contribution is 2.26. The number of aryl methyl sites for hydroxylation is 1. The topological polar surface area (TPSA) is 66.3 Å². The van der Waals surface area contributed by atoms with Gasteiger partial charge in [-0.3, -0.25) is 0 Å². The van der Waals surface area contributed by atoms with Crippen LogP contribution in [-0.2, 0) is 4.79 Å². The average Bonchev–Trinajstić information content (AvgIpc) is 2.55. The van der Waals surface area contributed by atoms with E-state index < -0.39 is 12.0 Å². The lowest BCUT2D eigenvalue weighted by atomic mass is 10.0. The molecule has 2 aromatic rings. The molecule has 0 bridgehead atoms. The first-order chi connectivity index (χ1) is 11.0. The fourth-order valence-electron chi connectivity index (χ4n) is 2.89. The van der Waals surface area contributed by atoms with Crippen molar-refractivity contribution in [3.63, 3.8) is 0 Å². The maximum absolute atomic E-state index is 13.1. The number of aliphatic carboxylic acids is 1. The minimum Gasteiger partial charge on any atom is -0.480 e. The number of anilines is 1. The SMILES string of the molecule is Cc1cc(N2CCCCC2C(=O)O)nc(-c2ccc(F)cc2)n1. The third kappa shape index (κ3) is 3.31. The summed E-state index contributed by atoms with van der Waals surface area (Å²) >= 11 is 0. The maximum Gasteiger partial charge on any atom is 0.326 e. The van der Waals surface area contributed by atoms with Gasteiger partial charge in [0, 0.05) is 23.9 Å². The first-order valence-electron chi connectivity index (χ1n) is 7.65. The van der Waals surface area contributed by atoms with Crippen molar-refractivity contribution in [3.05, 3.63) is 41.8 Å². The third-order valence-corrected chi connectivity index (χ3v) is 4.03. The van der Waals surface area contributed by atoms with Crippen molar-refractivity contribution in [1.29, 1.82) is 0 Å². The number of carbonyl (C=O) groups is 1. The molecule has 0 spiro atoms. The van der Waals surface area contributed by atoms with Crippen molar-refractivity contribution in [2.24, 2.45) is 0 Å². The van der Waals surface area contributed by atoms with Crippen LogP contribution in [0.25, 0.3) is 11.4 Å². The van der Waals surface area contributed by atoms with Crippen molar-refractivity contribution in [2.45, 2.75) is 32.2 Å². The molecular weight excluding hydrogens is 297 g/mol. The Hall–Kier alpha value is -2.50. The summed E-state index contributed by atoms with van der Waals surface area (Å²) < 4.78 is 13.1. The van der Waals surface area contributed by atoms with E-state index in [-0.39, 0.29) is 5.82 Å². The van der Waals surface area contributed by atoms with Gasteiger partial charge in [-0.05, 0) is 50.5 Å². The molecular formula is C17H18FN3O2. The van der Waals surface area contributed by atoms with Gasteiger partial charge in [0.25, 0.3) is 0 Å². The number of hydrogen-bond acceptors (Lipinski definition) is 4. The van der Waals surface area contributed by atoms with Crippen LogP contribution in [0.5, 0.6) is 0 Å². The van der Waals surface area contributed by atoms with Gasteiger partial charge in [-0.25, -0.2) is 19.2 Å². The van der Waals surface area contributed by atoms with E-state index in [0.29, 0.717) is 30.2 Å². The Kier molecular flexibility index (Phi) is 4.23. The molecule has 0 saturated carbocycles. The van der Waals surface area contributed by atoms with Crippen molar-refractivity contribution in [2.75, 3.05) is 11.4 Å². The van der Waals surface area contributed by atoms with Gasteiger partial charge in [0.15, 0.2) is 5.82 Å². The molecule has 2 heterocycles. The van der Waals surface area contributed by atoms with Crippen LogP contribution in [0.2, 0.25) is 0 Å². The van der Waals surface area contributed by atoms with Crippen molar-refractivity contribution in [1.82, 2.24) is 9.97 Å². The molecule has 0 amide bonds. The zero-order valence-corrected chi connectivity index (χ0v) is 12.9. The van der Waals surface area contributed by atoms with Gasteiger partial charge >= 0.3 is 5.97 Å². The van der Waals surface area contributed by atoms with Crippen molar-refractivity contribution in [3.8, 4) is 11.4 Å². The minimum absolute atomic E-state index is 0.316. The zero-order chi connectivity index (χ0) is 16.4. The van der Waals surface area contributed by atoms with Crippen molar-refractivity contribution >= 4 is 11.8 Å². The molecule has 1 atom stereocenters. The molecule has 1 saturated heterocycles. The maximum atomic E-state index is 13.1. The number of carboxylic acid groups (broad SMARTS) is 1. The summed E-state index contributed by atoms with van der Waals surface area (Å²) in [7, 11) is 0. The average molecular weight is 315 g/mol. The van der Waals surface area contributed by atoms with Crippen molar-refractivity contribution < 1.29 is 14.3 Å². The highest BCUT2D eigenvalue weighted by molar-refractivity contribution is 5.78. The molecule has 120 valence electrons. The third-order valence-electron chi connectivity index (χ3n) is 4.03. The second kappa shape index (κ2) is 6.32. The lowest BCUT2D eigenvalue weighted by Gasteiger charge is -2.34. The summed E-state index contributed by atoms with van der Waals surface area (Å²) in [5.41, 5.74) is 1.46. The van der Waals surface area contributed by atoms with Crippen LogP contribution in [0.3, 0.4) is 0 Å². The smallest absolute Gasteiger partial charge is 0.326 e. The van der Waals surface area contributed by atoms with Crippen LogP contribution >= 0.6 is 0 Å². The van der Waals surface area contributed by atoms with E-state index in [1.807, 2.05) is 11.8 Å². The molecule has 3 rings (SSSR count). The molecule has 23 heavy (non-hydrogen) atoms. The minimum atomic E-state index is -0.829. The lowest BCUT2D eigenvalue weighted by Crippen LogP contribution is -2.45. The Labute approximate surface area is 133 Å². The Balaban J connectivity index is 1.99. The summed E-state index contributed by atoms with van der Waals surface area (Å²) in [5.74, 6) is -0.0495. The van der Waals surface area contributed by atoms with E-state index in [2.05, 4.69) is 9.97 Å². The number of rotatable bonds is 3. The van der Waals surface area contributed by atoms with Crippen LogP contribution < -0.4 is 4.90 Å². The number of benzene rings is 1. The molecule has 1 aliphatic heterocycles. The van der Waals surface area contributed by atoms with Gasteiger partial charge in [-0.2, -0.15) is 0 Å². The second-order valence-electron chi connectivity index (χ2n) is 5.74. The molecule has 1 fully saturated rings. The van der Waals surface area contributed by atoms with E-state index in [4.69, 9.17) is 0 Å². The highest BCUT2D eigenvalue weighted by atomic mass is 19.1. The molecule has 6 heteroatoms. The lowest BCUT2D eigenvalue weighted by molar-refractivity contribution is -0.139. The first-order valence-corrected chi connectivity index (χ1v) is 7.65. The standard InChI is InChI=1S/C17H18FN3O2/c1-11-10-15(21-9-3-2-4-14(21)17(22)23)20-16(19-11)12-5-7-13(18)8-6-12/h5-8,10,14H,2-4,9H2,1H3,(H,22,23). The van der Waals surface area contributed by atoms with Gasteiger partial charge in [0.05, 0.1) is 0 Å². The molecule has 1 N–H and O–H groups in total. The van der Waals surface area contributed by atoms with E-state index in [0.717, 1.165) is 18.5 Å². The molecule has 0 radical (unpaired) electrons. The predicted octanol–water partition coefficient (Wildman–Crippen LogP) is 3.03. The highest BCUT2D eigenvalue weighted by Gasteiger charge is 2.29. The number of halogens is 1. The van der Waals surface area contributed by atoms with Gasteiger partial charge in [-0.15, -0.1) is 0 Å². The van der Waals surface area contributed by atoms with Crippen LogP contribution in [0.1, 0.15) is 25.0 Å². The molecule has 1 unspecified atom stereocenters. The van der Waals surface area contributed by atoms with Gasteiger partial charge in [-0.1, -0.05) is 0 Å². The number of carboxylic acids is 1. The largest absolute Gasteiger partial charge is 0.480 e. The van der Waals surface area contributed by atoms with Gasteiger partial charge in [0.1, 0.15) is 17.7 Å². The van der Waals surface area contributed by atoms with Gasteiger partial charge < -0.3 is 10.0 Å². The fourth-order valence-corrected chi connectivity index (χ4v) is 2.89. The summed E-state index contributed by atoms with van der Waals surface area (Å²) in [6.07, 6.45) is 2.46. The first kappa shape index (κ1) is 15.4. The predicted molar refractivity (Wildman–Crippen MR) is 84.8 cm³/mol. The van der Waals surface area contributed by atoms with E-state index in [1.54, 1.807) is 18.2 Å². The molecule has 0 aliphatic carbocycles. The summed E-state index contributed by atoms with van der Waals surface area (Å²) in [6.45, 7) is 2.51. The zero-order valence-electron chi connectivity index (χ0n) is 12.9. The van der Waals surface area contributed by atoms with E-state index in [9.17, 15) is 14.3 Å². The van der Waals surface area contributed by atoms with E-state index >= 15 is 0 Å². The molecule has 1 aromatic carbocycles. The molecule has 5 nitrogen and oxygen atoms in total. The van der Waals surface area contributed by atoms with Crippen LogP contribution in [0.4, 0.5) is 10.2 Å². The Morgan fingerprint density at radius 1 is 1.26 bits per heavy atom. The number of piperidine rings is 1. The Morgan fingerprint density at radius 2 is 2.00 bits per heavy atom. The Bertz CT molecular complexity index is 718. The van der Waals surface area contributed by atoms with Crippen LogP contribution in [0.15, 0.2) is 30.3 Å². The summed E-state index contributed by atoms with van der Waals surface area (Å²) in [6, 6.07) is 7.22. The monoisotopic (exact) mass is 315 g/mol. The quantitative estimate of drug-likeness (QED) is 0.943. The molecule has 1 aromatic heterocycles. The fraction of sp³-hybridized carbons (Fsp3) is 0.353. The number of aromatic nitrogens is 2. The van der Waals surface area contributed by atoms with Crippen LogP contribution in [0, 0.1) is 12.7 Å². The number of nitrogens with zero attached hydrogens (tertiary/aromatic N) is 3. The van der Waals surface area contributed by atoms with Gasteiger partial charge in [0.2, 0.25) is 0 Å². The van der Waals surface area contributed by atoms with Crippen LogP contribution in [-0.4, -0.2) is 33.6 Å². The van der Waals surface area contributed by atoms with E-state index in [1.165, 1.54) is 12.1 Å². The second-order valence-corrected chi connectivity index (χ2v) is 5.74. The normalized spacial score (nSPS) is 18.0. The summed E-state index contributed by atoms with van der Waals surface area (Å²) in [5, 5.41) is 9.43. The summed E-state index contributed by atoms with van der Waals surface area (Å²) in [4.78, 5) is 22.2.